The average Bonchev–Trinajstić information content (AvgIpc) is 3.66. The molecule has 0 bridgehead atoms. The Morgan fingerprint density at radius 2 is 0.658 bits per heavy atom. The fraction of sp³-hybridized carbons (Fsp3) is 1.00. The molecule has 76 heavy (non-hydrogen) atoms. The molecule has 0 saturated carbocycles. The predicted molar refractivity (Wildman–Crippen MR) is 283 cm³/mol. The smallest absolute Gasteiger partial charge is 0.179 e. The molecule has 1 rings (SSSR count). The minimum absolute atomic E-state index is 0. The van der Waals surface area contributed by atoms with E-state index in [2.05, 4.69) is 35.9 Å². The molecule has 0 aliphatic carbocycles. The van der Waals surface area contributed by atoms with Gasteiger partial charge in [-0.05, 0) is 59.2 Å². The van der Waals surface area contributed by atoms with Crippen LogP contribution in [-0.2, 0) is 466 Å². The molecule has 52 heteroatoms. The second-order valence-corrected chi connectivity index (χ2v) is 38.3. The van der Waals surface area contributed by atoms with E-state index in [1.165, 1.54) is 34.3 Å². The van der Waals surface area contributed by atoms with Crippen molar-refractivity contribution in [1.29, 1.82) is 0 Å². The average molecular weight is 3360 g/mol. The maximum Gasteiger partial charge on any atom is 0.179 e. The van der Waals surface area contributed by atoms with Gasteiger partial charge in [-0.2, -0.15) is 0 Å². The maximum atomic E-state index is 8.49. The Labute approximate surface area is 797 Å². The molecule has 0 aromatic carbocycles. The molecule has 5 unspecified atom stereocenters. The van der Waals surface area contributed by atoms with Crippen molar-refractivity contribution in [2.75, 3.05) is 156 Å². The summed E-state index contributed by atoms with van der Waals surface area (Å²) >= 11 is 0. The van der Waals surface area contributed by atoms with Crippen LogP contribution in [0.4, 0.5) is 0 Å². The zero-order chi connectivity index (χ0) is 48.6. The van der Waals surface area contributed by atoms with Gasteiger partial charge >= 0.3 is 0 Å². The third-order valence-corrected chi connectivity index (χ3v) is 28.4. The topological polar surface area (TPSA) is 317 Å². The Morgan fingerprint density at radius 1 is 0.395 bits per heavy atom. The second-order valence-electron chi connectivity index (χ2n) is 10.6. The van der Waals surface area contributed by atoms with Crippen molar-refractivity contribution in [3.63, 3.8) is 0 Å². The van der Waals surface area contributed by atoms with Crippen LogP contribution in [-0.4, -0.2) is 215 Å². The molecule has 1 saturated heterocycles. The molecule has 0 aromatic rings. The first-order valence-corrected chi connectivity index (χ1v) is 41.7. The van der Waals surface area contributed by atoms with Gasteiger partial charge in [-0.1, -0.05) is 0 Å². The first-order chi connectivity index (χ1) is 27.8. The summed E-state index contributed by atoms with van der Waals surface area (Å²) in [5.74, 6) is 4.82. The normalized spacial score (nSPS) is 10.9. The van der Waals surface area contributed by atoms with Crippen LogP contribution >= 0.6 is 134 Å². The van der Waals surface area contributed by atoms with Crippen LogP contribution in [0.3, 0.4) is 0 Å². The van der Waals surface area contributed by atoms with Crippen LogP contribution in [0.2, 0.25) is 0 Å². The minimum Gasteiger partial charge on any atom is -0.377 e. The molecule has 446 valence electrons. The van der Waals surface area contributed by atoms with E-state index in [0.717, 1.165) is 11.8 Å². The number of hydrogen-bond donors (Lipinski definition) is 12. The third kappa shape index (κ3) is 181. The largest absolute Gasteiger partial charge is 0.377 e. The molecule has 8 radical (unpaired) electrons. The number of rotatable bonds is 21. The van der Waals surface area contributed by atoms with Crippen LogP contribution in [0.5, 0.6) is 0 Å². The van der Waals surface area contributed by atoms with E-state index < -0.39 is 75.2 Å². The summed E-state index contributed by atoms with van der Waals surface area (Å²) in [4.78, 5) is 101. The Kier molecular flexibility index (Phi) is 289. The predicted octanol–water partition coefficient (Wildman–Crippen LogP) is 8.18. The standard InChI is InChI=1S/C3H8O4P2.2C3H10O4P2.C3H10O3P2.2C3H10O2P2.C3H10OP2.C3H10P2.8W.8Y/c4-8(5)3-9-6-1-2-7-9;2*1-6-9(7-2)3-8(4)5;1-6-7(2)3-8(4)5;1-6(2)3-7(4)5;1-5-7(2)3-6-4;1-6(2)3-5-4;1-5(2)3-4;;;;;;;;;;;;;;;;/h4-5H,1-3H2;2*4-5H,3H2,1-2H3;4-5H,3H2,1-2H3;4-5H,3H2,1-2H3;4,6H,3H2,1-2H3;4-5H,3H2,1-2H3;3-4H2,1-2H3;;;;;;;;;;;;;;;;. The molecular weight excluding hydrogens is 3290 g/mol. The molecule has 20 nitrogen and oxygen atoms in total. The summed E-state index contributed by atoms with van der Waals surface area (Å²) < 4.78 is 38.7. The molecule has 0 spiro atoms. The van der Waals surface area contributed by atoms with Gasteiger partial charge in [0.05, 0.1) is 36.8 Å². The van der Waals surface area contributed by atoms with Gasteiger partial charge in [0.2, 0.25) is 0 Å². The molecule has 1 aliphatic rings. The molecule has 1 heterocycles. The second kappa shape index (κ2) is 135. The van der Waals surface area contributed by atoms with Gasteiger partial charge in [0, 0.05) is 524 Å². The quantitative estimate of drug-likeness (QED) is 0.0482. The van der Waals surface area contributed by atoms with E-state index in [1.54, 1.807) is 14.2 Å². The van der Waals surface area contributed by atoms with Crippen LogP contribution < -0.4 is 0 Å². The SMILES string of the molecule is COP(C)CP(O)O.COP(C)CPO.COP(CP(O)O)OC.COP(CP(O)O)OC.CP(C)CP.CP(C)CP(O)O.CP(C)CPO.OP(O)CP1OCCO1.[W].[W].[W].[W].[W].[W].[W].[W].[Y].[Y].[Y].[Y].[Y].[Y].[Y].[Y]. The summed E-state index contributed by atoms with van der Waals surface area (Å²) in [5, 5.41) is 0. The Morgan fingerprint density at radius 3 is 0.750 bits per heavy atom. The van der Waals surface area contributed by atoms with E-state index in [0.29, 0.717) is 32.9 Å². The minimum atomic E-state index is -1.87. The van der Waals surface area contributed by atoms with E-state index in [4.69, 9.17) is 94.9 Å². The molecular formula is C24H78O20P16W8Y8. The van der Waals surface area contributed by atoms with Crippen molar-refractivity contribution < 1.29 is 525 Å². The summed E-state index contributed by atoms with van der Waals surface area (Å²) in [6.45, 7) is 18.0. The van der Waals surface area contributed by atoms with Crippen molar-refractivity contribution in [3.05, 3.63) is 0 Å². The van der Waals surface area contributed by atoms with Gasteiger partial charge in [-0.3, -0.25) is 0 Å². The van der Waals surface area contributed by atoms with Crippen molar-refractivity contribution in [2.45, 2.75) is 0 Å². The van der Waals surface area contributed by atoms with Gasteiger partial charge in [0.1, 0.15) is 0 Å². The molecule has 0 amide bonds. The van der Waals surface area contributed by atoms with Crippen molar-refractivity contribution >= 4 is 134 Å². The Bertz CT molecular complexity index is 795. The van der Waals surface area contributed by atoms with Crippen LogP contribution in [0.15, 0.2) is 0 Å². The van der Waals surface area contributed by atoms with Gasteiger partial charge in [0.15, 0.2) is 67.0 Å². The van der Waals surface area contributed by atoms with E-state index in [9.17, 15) is 0 Å². The molecule has 5 atom stereocenters. The fourth-order valence-corrected chi connectivity index (χ4v) is 14.1. The summed E-state index contributed by atoms with van der Waals surface area (Å²) in [6, 6.07) is 0. The summed E-state index contributed by atoms with van der Waals surface area (Å²) in [6.07, 6.45) is 0. The van der Waals surface area contributed by atoms with Crippen molar-refractivity contribution in [1.82, 2.24) is 0 Å². The molecule has 12 N–H and O–H groups in total. The first-order valence-electron chi connectivity index (χ1n) is 16.2. The van der Waals surface area contributed by atoms with Gasteiger partial charge in [-0.15, -0.1) is 33.0 Å². The zero-order valence-corrected chi connectivity index (χ0v) is 106. The van der Waals surface area contributed by atoms with Gasteiger partial charge in [0.25, 0.3) is 0 Å². The maximum absolute atomic E-state index is 8.49. The van der Waals surface area contributed by atoms with Crippen LogP contribution in [0, 0.1) is 0 Å². The zero-order valence-electron chi connectivity index (χ0n) is 45.0. The molecule has 1 fully saturated rings. The third-order valence-electron chi connectivity index (χ3n) is 4.50. The summed E-state index contributed by atoms with van der Waals surface area (Å²) in [7, 11) is -0.404. The Hall–Kier alpha value is 20.4. The monoisotopic (exact) mass is 3360 g/mol. The number of hydrogen-bond acceptors (Lipinski definition) is 20. The van der Waals surface area contributed by atoms with Gasteiger partial charge < -0.3 is 94.9 Å². The molecule has 1 aliphatic heterocycles. The van der Waals surface area contributed by atoms with E-state index in [-0.39, 0.29) is 490 Å². The van der Waals surface area contributed by atoms with Crippen molar-refractivity contribution in [2.24, 2.45) is 0 Å². The van der Waals surface area contributed by atoms with E-state index >= 15 is 0 Å². The van der Waals surface area contributed by atoms with Crippen LogP contribution in [0.25, 0.3) is 0 Å². The van der Waals surface area contributed by atoms with Crippen molar-refractivity contribution in [3.8, 4) is 0 Å². The van der Waals surface area contributed by atoms with Gasteiger partial charge in [-0.25, -0.2) is 0 Å². The Balaban J connectivity index is -0.0000000196. The first kappa shape index (κ1) is 163. The fourth-order valence-electron chi connectivity index (χ4n) is 1.88. The summed E-state index contributed by atoms with van der Waals surface area (Å²) in [5.41, 5.74) is 0. The molecule has 0 aromatic heterocycles. The van der Waals surface area contributed by atoms with E-state index in [1.807, 2.05) is 26.7 Å². The van der Waals surface area contributed by atoms with Crippen LogP contribution in [0.1, 0.15) is 0 Å².